The maximum Gasteiger partial charge on any atom is 0.239 e. The molecule has 1 aromatic rings. The fraction of sp³-hybridized carbons (Fsp3) is 0.333. The van der Waals surface area contributed by atoms with E-state index in [4.69, 9.17) is 17.3 Å². The van der Waals surface area contributed by atoms with E-state index >= 15 is 0 Å². The Hall–Kier alpha value is -1.75. The molecule has 0 spiro atoms. The number of aliphatic imine (C=N–C) groups is 1. The van der Waals surface area contributed by atoms with Crippen LogP contribution in [0.15, 0.2) is 29.3 Å². The third-order valence-electron chi connectivity index (χ3n) is 2.66. The SMILES string of the molecule is NC(CCl)=Nc1ccccc1N1CCNC(=O)C1. The largest absolute Gasteiger partial charge is 0.386 e. The Labute approximate surface area is 111 Å². The average Bonchev–Trinajstić information content (AvgIpc) is 2.39. The van der Waals surface area contributed by atoms with E-state index in [2.05, 4.69) is 10.3 Å². The highest BCUT2D eigenvalue weighted by molar-refractivity contribution is 6.28. The van der Waals surface area contributed by atoms with E-state index in [1.54, 1.807) is 0 Å². The van der Waals surface area contributed by atoms with Gasteiger partial charge >= 0.3 is 0 Å². The molecule has 0 bridgehead atoms. The van der Waals surface area contributed by atoms with Crippen LogP contribution in [0.3, 0.4) is 0 Å². The molecule has 0 unspecified atom stereocenters. The first-order valence-corrected chi connectivity index (χ1v) is 6.24. The standard InChI is InChI=1S/C12H15ClN4O/c13-7-11(14)16-9-3-1-2-4-10(9)17-6-5-15-12(18)8-17/h1-4H,5-8H2,(H2,14,16)(H,15,18). The lowest BCUT2D eigenvalue weighted by molar-refractivity contribution is -0.120. The van der Waals surface area contributed by atoms with Crippen LogP contribution < -0.4 is 16.0 Å². The molecule has 1 aromatic carbocycles. The van der Waals surface area contributed by atoms with Crippen LogP contribution in [-0.4, -0.2) is 37.3 Å². The summed E-state index contributed by atoms with van der Waals surface area (Å²) in [4.78, 5) is 17.7. The summed E-state index contributed by atoms with van der Waals surface area (Å²) in [6, 6.07) is 7.59. The monoisotopic (exact) mass is 266 g/mol. The van der Waals surface area contributed by atoms with E-state index in [0.717, 1.165) is 17.9 Å². The number of hydrogen-bond donors (Lipinski definition) is 2. The number of amidine groups is 1. The number of alkyl halides is 1. The molecule has 0 saturated carbocycles. The molecule has 1 saturated heterocycles. The highest BCUT2D eigenvalue weighted by Crippen LogP contribution is 2.28. The van der Waals surface area contributed by atoms with Crippen LogP contribution >= 0.6 is 11.6 Å². The van der Waals surface area contributed by atoms with Crippen molar-refractivity contribution in [3.8, 4) is 0 Å². The molecule has 5 nitrogen and oxygen atoms in total. The summed E-state index contributed by atoms with van der Waals surface area (Å²) in [6.07, 6.45) is 0. The molecular weight excluding hydrogens is 252 g/mol. The average molecular weight is 267 g/mol. The van der Waals surface area contributed by atoms with Crippen LogP contribution in [0, 0.1) is 0 Å². The Morgan fingerprint density at radius 1 is 1.50 bits per heavy atom. The maximum absolute atomic E-state index is 11.4. The van der Waals surface area contributed by atoms with Crippen molar-refractivity contribution in [2.45, 2.75) is 0 Å². The van der Waals surface area contributed by atoms with Gasteiger partial charge < -0.3 is 16.0 Å². The van der Waals surface area contributed by atoms with Crippen LogP contribution in [0.2, 0.25) is 0 Å². The quantitative estimate of drug-likeness (QED) is 0.484. The molecule has 0 atom stereocenters. The number of rotatable bonds is 3. The van der Waals surface area contributed by atoms with Crippen LogP contribution in [0.1, 0.15) is 0 Å². The minimum absolute atomic E-state index is 0.0188. The number of carbonyl (C=O) groups excluding carboxylic acids is 1. The number of para-hydroxylation sites is 2. The van der Waals surface area contributed by atoms with E-state index in [1.807, 2.05) is 29.2 Å². The number of halogens is 1. The van der Waals surface area contributed by atoms with Gasteiger partial charge in [0.15, 0.2) is 0 Å². The Balaban J connectivity index is 2.29. The fourth-order valence-electron chi connectivity index (χ4n) is 1.85. The van der Waals surface area contributed by atoms with Gasteiger partial charge in [-0.3, -0.25) is 4.79 Å². The molecule has 18 heavy (non-hydrogen) atoms. The smallest absolute Gasteiger partial charge is 0.239 e. The summed E-state index contributed by atoms with van der Waals surface area (Å²) in [6.45, 7) is 1.74. The van der Waals surface area contributed by atoms with Crippen molar-refractivity contribution in [2.75, 3.05) is 30.4 Å². The highest BCUT2D eigenvalue weighted by atomic mass is 35.5. The van der Waals surface area contributed by atoms with Gasteiger partial charge in [0.05, 0.1) is 23.8 Å². The van der Waals surface area contributed by atoms with Crippen molar-refractivity contribution >= 4 is 34.7 Å². The van der Waals surface area contributed by atoms with Gasteiger partial charge in [-0.25, -0.2) is 4.99 Å². The lowest BCUT2D eigenvalue weighted by atomic mass is 10.2. The summed E-state index contributed by atoms with van der Waals surface area (Å²) >= 11 is 5.63. The molecular formula is C12H15ClN4O. The first kappa shape index (κ1) is 12.7. The van der Waals surface area contributed by atoms with E-state index in [9.17, 15) is 4.79 Å². The minimum atomic E-state index is 0.0188. The van der Waals surface area contributed by atoms with Crippen LogP contribution in [0.25, 0.3) is 0 Å². The molecule has 0 aliphatic carbocycles. The van der Waals surface area contributed by atoms with Crippen LogP contribution in [-0.2, 0) is 4.79 Å². The summed E-state index contributed by atoms with van der Waals surface area (Å²) in [5.74, 6) is 0.574. The second-order valence-electron chi connectivity index (χ2n) is 4.00. The highest BCUT2D eigenvalue weighted by Gasteiger charge is 2.18. The molecule has 6 heteroatoms. The summed E-state index contributed by atoms with van der Waals surface area (Å²) in [5, 5.41) is 2.79. The second kappa shape index (κ2) is 5.73. The van der Waals surface area contributed by atoms with E-state index in [0.29, 0.717) is 18.9 Å². The molecule has 0 radical (unpaired) electrons. The molecule has 1 aliphatic rings. The van der Waals surface area contributed by atoms with Crippen molar-refractivity contribution in [3.63, 3.8) is 0 Å². The molecule has 96 valence electrons. The lowest BCUT2D eigenvalue weighted by Crippen LogP contribution is -2.47. The zero-order valence-electron chi connectivity index (χ0n) is 9.90. The Bertz CT molecular complexity index is 475. The predicted octanol–water partition coefficient (Wildman–Crippen LogP) is 0.850. The third-order valence-corrected chi connectivity index (χ3v) is 2.94. The molecule has 1 aliphatic heterocycles. The number of piperazine rings is 1. The number of nitrogens with two attached hydrogens (primary N) is 1. The molecule has 2 rings (SSSR count). The van der Waals surface area contributed by atoms with Crippen molar-refractivity contribution in [3.05, 3.63) is 24.3 Å². The van der Waals surface area contributed by atoms with E-state index in [1.165, 1.54) is 0 Å². The second-order valence-corrected chi connectivity index (χ2v) is 4.26. The van der Waals surface area contributed by atoms with Crippen LogP contribution in [0.5, 0.6) is 0 Å². The molecule has 1 amide bonds. The zero-order valence-corrected chi connectivity index (χ0v) is 10.7. The molecule has 1 heterocycles. The topological polar surface area (TPSA) is 70.7 Å². The van der Waals surface area contributed by atoms with Crippen molar-refractivity contribution < 1.29 is 4.79 Å². The minimum Gasteiger partial charge on any atom is -0.386 e. The first-order valence-electron chi connectivity index (χ1n) is 5.70. The third kappa shape index (κ3) is 2.92. The van der Waals surface area contributed by atoms with E-state index < -0.39 is 0 Å². The number of amides is 1. The summed E-state index contributed by atoms with van der Waals surface area (Å²) in [5.41, 5.74) is 7.30. The Morgan fingerprint density at radius 3 is 3.00 bits per heavy atom. The van der Waals surface area contributed by atoms with Gasteiger partial charge in [-0.1, -0.05) is 12.1 Å². The lowest BCUT2D eigenvalue weighted by Gasteiger charge is -2.29. The number of benzene rings is 1. The molecule has 1 fully saturated rings. The number of nitrogens with zero attached hydrogens (tertiary/aromatic N) is 2. The van der Waals surface area contributed by atoms with Crippen molar-refractivity contribution in [2.24, 2.45) is 10.7 Å². The number of carbonyl (C=O) groups is 1. The van der Waals surface area contributed by atoms with E-state index in [-0.39, 0.29) is 11.8 Å². The van der Waals surface area contributed by atoms with Gasteiger partial charge in [-0.15, -0.1) is 11.6 Å². The molecule has 3 N–H and O–H groups in total. The fourth-order valence-corrected chi connectivity index (χ4v) is 1.91. The molecule has 0 aromatic heterocycles. The van der Waals surface area contributed by atoms with Gasteiger partial charge in [0, 0.05) is 13.1 Å². The predicted molar refractivity (Wildman–Crippen MR) is 73.7 cm³/mol. The maximum atomic E-state index is 11.4. The summed E-state index contributed by atoms with van der Waals surface area (Å²) in [7, 11) is 0. The van der Waals surface area contributed by atoms with Crippen molar-refractivity contribution in [1.82, 2.24) is 5.32 Å². The van der Waals surface area contributed by atoms with Gasteiger partial charge in [0.25, 0.3) is 0 Å². The van der Waals surface area contributed by atoms with Gasteiger partial charge in [-0.2, -0.15) is 0 Å². The zero-order chi connectivity index (χ0) is 13.0. The van der Waals surface area contributed by atoms with Gasteiger partial charge in [0.2, 0.25) is 5.91 Å². The number of anilines is 1. The van der Waals surface area contributed by atoms with Gasteiger partial charge in [0.1, 0.15) is 5.84 Å². The number of nitrogens with one attached hydrogen (secondary N) is 1. The number of hydrogen-bond acceptors (Lipinski definition) is 3. The van der Waals surface area contributed by atoms with Crippen molar-refractivity contribution in [1.29, 1.82) is 0 Å². The normalized spacial score (nSPS) is 16.6. The van der Waals surface area contributed by atoms with Crippen LogP contribution in [0.4, 0.5) is 11.4 Å². The van der Waals surface area contributed by atoms with Gasteiger partial charge in [-0.05, 0) is 12.1 Å². The first-order chi connectivity index (χ1) is 8.70. The Morgan fingerprint density at radius 2 is 2.28 bits per heavy atom. The summed E-state index contributed by atoms with van der Waals surface area (Å²) < 4.78 is 0. The Kier molecular flexibility index (Phi) is 4.04.